The molecule has 3 aromatic rings. The summed E-state index contributed by atoms with van der Waals surface area (Å²) in [4.78, 5) is 12.6. The first-order chi connectivity index (χ1) is 9.58. The van der Waals surface area contributed by atoms with Crippen LogP contribution < -0.4 is 5.73 Å². The van der Waals surface area contributed by atoms with Gasteiger partial charge in [-0.1, -0.05) is 29.8 Å². The fraction of sp³-hybridized carbons (Fsp3) is 0.0625. The summed E-state index contributed by atoms with van der Waals surface area (Å²) in [5.74, 6) is -0.0508. The lowest BCUT2D eigenvalue weighted by atomic mass is 10.0. The molecular weight excluding hydrogens is 272 g/mol. The van der Waals surface area contributed by atoms with Crippen molar-refractivity contribution in [3.63, 3.8) is 0 Å². The first-order valence-corrected chi connectivity index (χ1v) is 6.59. The van der Waals surface area contributed by atoms with E-state index in [1.807, 2.05) is 42.1 Å². The monoisotopic (exact) mass is 284 g/mol. The van der Waals surface area contributed by atoms with Crippen molar-refractivity contribution < 1.29 is 4.79 Å². The molecule has 20 heavy (non-hydrogen) atoms. The zero-order chi connectivity index (χ0) is 14.3. The molecule has 3 rings (SSSR count). The highest BCUT2D eigenvalue weighted by Crippen LogP contribution is 2.25. The number of hydrogen-bond acceptors (Lipinski definition) is 2. The van der Waals surface area contributed by atoms with Crippen LogP contribution in [0.25, 0.3) is 10.9 Å². The Bertz CT molecular complexity index is 820. The Labute approximate surface area is 121 Å². The molecule has 0 bridgehead atoms. The summed E-state index contributed by atoms with van der Waals surface area (Å²) in [6.07, 6.45) is 1.85. The molecule has 0 fully saturated rings. The molecule has 0 saturated carbocycles. The van der Waals surface area contributed by atoms with Gasteiger partial charge < -0.3 is 10.3 Å². The number of carbonyl (C=O) groups excluding carboxylic acids is 1. The topological polar surface area (TPSA) is 48.0 Å². The highest BCUT2D eigenvalue weighted by Gasteiger charge is 2.16. The van der Waals surface area contributed by atoms with Crippen LogP contribution in [0.2, 0.25) is 5.02 Å². The summed E-state index contributed by atoms with van der Waals surface area (Å²) in [7, 11) is 1.93. The van der Waals surface area contributed by atoms with E-state index in [4.69, 9.17) is 17.3 Å². The number of anilines is 1. The van der Waals surface area contributed by atoms with Crippen molar-refractivity contribution in [2.75, 3.05) is 5.73 Å². The van der Waals surface area contributed by atoms with Gasteiger partial charge in [-0.05, 0) is 24.3 Å². The van der Waals surface area contributed by atoms with Gasteiger partial charge in [-0.2, -0.15) is 0 Å². The summed E-state index contributed by atoms with van der Waals surface area (Å²) < 4.78 is 1.95. The third-order valence-electron chi connectivity index (χ3n) is 3.40. The molecule has 100 valence electrons. The van der Waals surface area contributed by atoms with Gasteiger partial charge in [0.25, 0.3) is 0 Å². The van der Waals surface area contributed by atoms with Crippen LogP contribution in [-0.4, -0.2) is 10.4 Å². The third kappa shape index (κ3) is 1.96. The van der Waals surface area contributed by atoms with Crippen molar-refractivity contribution >= 4 is 34.0 Å². The quantitative estimate of drug-likeness (QED) is 0.577. The number of nitrogens with two attached hydrogens (primary N) is 1. The van der Waals surface area contributed by atoms with Crippen molar-refractivity contribution in [2.24, 2.45) is 7.05 Å². The predicted molar refractivity (Wildman–Crippen MR) is 82.2 cm³/mol. The first kappa shape index (κ1) is 12.8. The number of benzene rings is 2. The lowest BCUT2D eigenvalue weighted by Gasteiger charge is -2.03. The molecule has 2 N–H and O–H groups in total. The second kappa shape index (κ2) is 4.69. The number of hydrogen-bond donors (Lipinski definition) is 1. The second-order valence-electron chi connectivity index (χ2n) is 4.74. The Kier molecular flexibility index (Phi) is 2.99. The summed E-state index contributed by atoms with van der Waals surface area (Å²) in [5, 5.41) is 1.40. The smallest absolute Gasteiger partial charge is 0.195 e. The van der Waals surface area contributed by atoms with Gasteiger partial charge >= 0.3 is 0 Å². The molecule has 0 aliphatic carbocycles. The van der Waals surface area contributed by atoms with E-state index in [-0.39, 0.29) is 5.78 Å². The number of nitrogens with zero attached hydrogens (tertiary/aromatic N) is 1. The summed E-state index contributed by atoms with van der Waals surface area (Å²) in [5.41, 5.74) is 8.42. The number of rotatable bonds is 2. The molecule has 0 amide bonds. The number of aryl methyl sites for hydroxylation is 1. The van der Waals surface area contributed by atoms with Crippen molar-refractivity contribution in [3.8, 4) is 0 Å². The van der Waals surface area contributed by atoms with Crippen LogP contribution in [0.4, 0.5) is 5.69 Å². The second-order valence-corrected chi connectivity index (χ2v) is 5.14. The van der Waals surface area contributed by atoms with Gasteiger partial charge in [-0.3, -0.25) is 4.79 Å². The van der Waals surface area contributed by atoms with Gasteiger partial charge in [0.2, 0.25) is 0 Å². The van der Waals surface area contributed by atoms with Crippen LogP contribution in [0.15, 0.2) is 48.7 Å². The summed E-state index contributed by atoms with van der Waals surface area (Å²) in [6, 6.07) is 12.8. The average molecular weight is 285 g/mol. The lowest BCUT2D eigenvalue weighted by molar-refractivity contribution is 0.104. The fourth-order valence-corrected chi connectivity index (χ4v) is 2.48. The number of fused-ring (bicyclic) bond motifs is 1. The van der Waals surface area contributed by atoms with E-state index in [1.165, 1.54) is 0 Å². The van der Waals surface area contributed by atoms with Crippen molar-refractivity contribution in [3.05, 3.63) is 64.8 Å². The maximum Gasteiger partial charge on any atom is 0.195 e. The minimum absolute atomic E-state index is 0.0508. The van der Waals surface area contributed by atoms with E-state index in [9.17, 15) is 4.79 Å². The normalized spacial score (nSPS) is 10.9. The standard InChI is InChI=1S/C16H13ClN2O/c1-19-9-12(11-4-2-3-5-15(11)19)16(20)10-6-7-13(17)14(18)8-10/h2-9H,18H2,1H3. The molecule has 0 unspecified atom stereocenters. The van der Waals surface area contributed by atoms with E-state index in [1.54, 1.807) is 18.2 Å². The van der Waals surface area contributed by atoms with Gasteiger partial charge in [-0.15, -0.1) is 0 Å². The Hall–Kier alpha value is -2.26. The van der Waals surface area contributed by atoms with Gasteiger partial charge in [0.05, 0.1) is 10.7 Å². The highest BCUT2D eigenvalue weighted by atomic mass is 35.5. The van der Waals surface area contributed by atoms with Crippen molar-refractivity contribution in [1.29, 1.82) is 0 Å². The highest BCUT2D eigenvalue weighted by molar-refractivity contribution is 6.33. The molecule has 1 aromatic heterocycles. The van der Waals surface area contributed by atoms with Crippen molar-refractivity contribution in [2.45, 2.75) is 0 Å². The Morgan fingerprint density at radius 1 is 1.20 bits per heavy atom. The molecule has 4 heteroatoms. The van der Waals surface area contributed by atoms with E-state index >= 15 is 0 Å². The number of halogens is 1. The third-order valence-corrected chi connectivity index (χ3v) is 3.74. The molecule has 0 saturated heterocycles. The number of para-hydroxylation sites is 1. The van der Waals surface area contributed by atoms with Crippen LogP contribution >= 0.6 is 11.6 Å². The summed E-state index contributed by atoms with van der Waals surface area (Å²) in [6.45, 7) is 0. The molecule has 0 spiro atoms. The summed E-state index contributed by atoms with van der Waals surface area (Å²) >= 11 is 5.89. The number of carbonyl (C=O) groups is 1. The first-order valence-electron chi connectivity index (χ1n) is 6.21. The number of nitrogen functional groups attached to an aromatic ring is 1. The predicted octanol–water partition coefficient (Wildman–Crippen LogP) is 3.64. The molecule has 0 atom stereocenters. The van der Waals surface area contributed by atoms with E-state index in [0.29, 0.717) is 21.8 Å². The molecule has 0 aliphatic heterocycles. The fourth-order valence-electron chi connectivity index (χ4n) is 2.36. The van der Waals surface area contributed by atoms with E-state index in [2.05, 4.69) is 0 Å². The van der Waals surface area contributed by atoms with Crippen molar-refractivity contribution in [1.82, 2.24) is 4.57 Å². The number of ketones is 1. The van der Waals surface area contributed by atoms with Crippen LogP contribution in [0.1, 0.15) is 15.9 Å². The minimum atomic E-state index is -0.0508. The Balaban J connectivity index is 2.15. The van der Waals surface area contributed by atoms with Gasteiger partial charge in [-0.25, -0.2) is 0 Å². The molecular formula is C16H13ClN2O. The lowest BCUT2D eigenvalue weighted by Crippen LogP contribution is -2.01. The maximum atomic E-state index is 12.6. The van der Waals surface area contributed by atoms with Gasteiger partial charge in [0, 0.05) is 35.3 Å². The molecule has 1 heterocycles. The largest absolute Gasteiger partial charge is 0.398 e. The van der Waals surface area contributed by atoms with Crippen LogP contribution in [-0.2, 0) is 7.05 Å². The molecule has 3 nitrogen and oxygen atoms in total. The van der Waals surface area contributed by atoms with E-state index in [0.717, 1.165) is 10.9 Å². The van der Waals surface area contributed by atoms with Crippen LogP contribution in [0.5, 0.6) is 0 Å². The Morgan fingerprint density at radius 3 is 2.70 bits per heavy atom. The zero-order valence-corrected chi connectivity index (χ0v) is 11.7. The Morgan fingerprint density at radius 2 is 1.95 bits per heavy atom. The maximum absolute atomic E-state index is 12.6. The average Bonchev–Trinajstić information content (AvgIpc) is 2.79. The molecule has 0 aliphatic rings. The van der Waals surface area contributed by atoms with Gasteiger partial charge in [0.1, 0.15) is 0 Å². The zero-order valence-electron chi connectivity index (χ0n) is 10.9. The van der Waals surface area contributed by atoms with E-state index < -0.39 is 0 Å². The minimum Gasteiger partial charge on any atom is -0.398 e. The number of aromatic nitrogens is 1. The molecule has 2 aromatic carbocycles. The SMILES string of the molecule is Cn1cc(C(=O)c2ccc(Cl)c(N)c2)c2ccccc21. The van der Waals surface area contributed by atoms with Crippen LogP contribution in [0, 0.1) is 0 Å². The van der Waals surface area contributed by atoms with Gasteiger partial charge in [0.15, 0.2) is 5.78 Å². The van der Waals surface area contributed by atoms with Crippen LogP contribution in [0.3, 0.4) is 0 Å². The molecule has 0 radical (unpaired) electrons.